The SMILES string of the molecule is Nc1cn(CCc2ccccc2)ccc1=O. The van der Waals surface area contributed by atoms with Gasteiger partial charge in [-0.1, -0.05) is 30.3 Å². The molecule has 1 aromatic carbocycles. The highest BCUT2D eigenvalue weighted by atomic mass is 16.1. The first-order valence-corrected chi connectivity index (χ1v) is 5.25. The van der Waals surface area contributed by atoms with Crippen molar-refractivity contribution in [1.29, 1.82) is 0 Å². The minimum absolute atomic E-state index is 0.115. The van der Waals surface area contributed by atoms with Gasteiger partial charge in [0.25, 0.3) is 0 Å². The molecular weight excluding hydrogens is 200 g/mol. The van der Waals surface area contributed by atoms with E-state index in [4.69, 9.17) is 5.73 Å². The lowest BCUT2D eigenvalue weighted by Gasteiger charge is -2.06. The molecule has 2 rings (SSSR count). The molecule has 16 heavy (non-hydrogen) atoms. The van der Waals surface area contributed by atoms with Crippen LogP contribution in [0.4, 0.5) is 5.69 Å². The van der Waals surface area contributed by atoms with E-state index >= 15 is 0 Å². The number of hydrogen-bond acceptors (Lipinski definition) is 2. The molecule has 0 saturated heterocycles. The third kappa shape index (κ3) is 2.51. The van der Waals surface area contributed by atoms with E-state index in [1.54, 1.807) is 12.4 Å². The first kappa shape index (κ1) is 10.5. The van der Waals surface area contributed by atoms with E-state index < -0.39 is 0 Å². The van der Waals surface area contributed by atoms with E-state index in [0.29, 0.717) is 5.69 Å². The second-order valence-electron chi connectivity index (χ2n) is 3.74. The zero-order valence-electron chi connectivity index (χ0n) is 8.97. The van der Waals surface area contributed by atoms with Crippen LogP contribution in [0.5, 0.6) is 0 Å². The maximum absolute atomic E-state index is 11.1. The Morgan fingerprint density at radius 1 is 1.12 bits per heavy atom. The van der Waals surface area contributed by atoms with E-state index in [-0.39, 0.29) is 5.43 Å². The zero-order valence-corrected chi connectivity index (χ0v) is 8.97. The lowest BCUT2D eigenvalue weighted by molar-refractivity contribution is 0.692. The van der Waals surface area contributed by atoms with E-state index in [1.165, 1.54) is 11.6 Å². The van der Waals surface area contributed by atoms with Crippen LogP contribution in [0.15, 0.2) is 53.6 Å². The van der Waals surface area contributed by atoms with Gasteiger partial charge in [0.2, 0.25) is 5.43 Å². The summed E-state index contributed by atoms with van der Waals surface area (Å²) >= 11 is 0. The molecule has 3 heteroatoms. The number of aromatic nitrogens is 1. The summed E-state index contributed by atoms with van der Waals surface area (Å²) in [5.74, 6) is 0. The van der Waals surface area contributed by atoms with Crippen molar-refractivity contribution < 1.29 is 0 Å². The van der Waals surface area contributed by atoms with Gasteiger partial charge in [0, 0.05) is 25.0 Å². The van der Waals surface area contributed by atoms with Crippen molar-refractivity contribution in [3.05, 3.63) is 64.6 Å². The molecule has 0 atom stereocenters. The Morgan fingerprint density at radius 2 is 1.88 bits per heavy atom. The summed E-state index contributed by atoms with van der Waals surface area (Å²) in [5.41, 5.74) is 7.02. The molecule has 0 fully saturated rings. The fourth-order valence-electron chi connectivity index (χ4n) is 1.59. The Labute approximate surface area is 94.1 Å². The van der Waals surface area contributed by atoms with Crippen LogP contribution in [0.25, 0.3) is 0 Å². The molecule has 0 unspecified atom stereocenters. The molecule has 1 aromatic heterocycles. The number of rotatable bonds is 3. The number of benzene rings is 1. The Balaban J connectivity index is 2.05. The second kappa shape index (κ2) is 4.66. The molecule has 1 heterocycles. The van der Waals surface area contributed by atoms with Gasteiger partial charge < -0.3 is 10.3 Å². The lowest BCUT2D eigenvalue weighted by Crippen LogP contribution is -2.11. The summed E-state index contributed by atoms with van der Waals surface area (Å²) in [4.78, 5) is 11.1. The molecule has 0 bridgehead atoms. The van der Waals surface area contributed by atoms with Crippen LogP contribution >= 0.6 is 0 Å². The quantitative estimate of drug-likeness (QED) is 0.845. The molecule has 2 aromatic rings. The van der Waals surface area contributed by atoms with Gasteiger partial charge in [-0.25, -0.2) is 0 Å². The molecule has 0 radical (unpaired) electrons. The predicted octanol–water partition coefficient (Wildman–Crippen LogP) is 1.67. The number of anilines is 1. The summed E-state index contributed by atoms with van der Waals surface area (Å²) in [5, 5.41) is 0. The normalized spacial score (nSPS) is 10.2. The van der Waals surface area contributed by atoms with Gasteiger partial charge in [0.1, 0.15) is 0 Å². The van der Waals surface area contributed by atoms with Gasteiger partial charge in [0.05, 0.1) is 5.69 Å². The standard InChI is InChI=1S/C13H14N2O/c14-12-10-15(9-7-13(12)16)8-6-11-4-2-1-3-5-11/h1-5,7,9-10H,6,8,14H2. The monoisotopic (exact) mass is 214 g/mol. The van der Waals surface area contributed by atoms with Gasteiger partial charge in [-0.05, 0) is 12.0 Å². The minimum Gasteiger partial charge on any atom is -0.394 e. The van der Waals surface area contributed by atoms with Gasteiger partial charge >= 0.3 is 0 Å². The largest absolute Gasteiger partial charge is 0.394 e. The van der Waals surface area contributed by atoms with E-state index in [9.17, 15) is 4.79 Å². The molecule has 0 saturated carbocycles. The third-order valence-electron chi connectivity index (χ3n) is 2.51. The van der Waals surface area contributed by atoms with Crippen LogP contribution in [0, 0.1) is 0 Å². The highest BCUT2D eigenvalue weighted by Crippen LogP contribution is 2.02. The number of nitrogens with two attached hydrogens (primary N) is 1. The van der Waals surface area contributed by atoms with Gasteiger partial charge in [0.15, 0.2) is 0 Å². The van der Waals surface area contributed by atoms with Crippen molar-refractivity contribution in [1.82, 2.24) is 4.57 Å². The average molecular weight is 214 g/mol. The van der Waals surface area contributed by atoms with Crippen molar-refractivity contribution in [2.75, 3.05) is 5.73 Å². The summed E-state index contributed by atoms with van der Waals surface area (Å²) in [6.45, 7) is 0.828. The molecule has 82 valence electrons. The number of nitrogens with zero attached hydrogens (tertiary/aromatic N) is 1. The zero-order chi connectivity index (χ0) is 11.4. The topological polar surface area (TPSA) is 48.0 Å². The molecular formula is C13H14N2O. The van der Waals surface area contributed by atoms with Gasteiger partial charge in [-0.15, -0.1) is 0 Å². The smallest absolute Gasteiger partial charge is 0.204 e. The number of aryl methyl sites for hydroxylation is 2. The maximum atomic E-state index is 11.1. The van der Waals surface area contributed by atoms with Crippen LogP contribution in [0.2, 0.25) is 0 Å². The fourth-order valence-corrected chi connectivity index (χ4v) is 1.59. The molecule has 3 nitrogen and oxygen atoms in total. The van der Waals surface area contributed by atoms with Crippen molar-refractivity contribution >= 4 is 5.69 Å². The van der Waals surface area contributed by atoms with Crippen LogP contribution in [0.3, 0.4) is 0 Å². The molecule has 2 N–H and O–H groups in total. The second-order valence-corrected chi connectivity index (χ2v) is 3.74. The fraction of sp³-hybridized carbons (Fsp3) is 0.154. The van der Waals surface area contributed by atoms with Crippen LogP contribution in [-0.4, -0.2) is 4.57 Å². The number of pyridine rings is 1. The Bertz CT molecular complexity index is 517. The van der Waals surface area contributed by atoms with Crippen molar-refractivity contribution in [3.63, 3.8) is 0 Å². The first-order valence-electron chi connectivity index (χ1n) is 5.25. The molecule has 0 spiro atoms. The lowest BCUT2D eigenvalue weighted by atomic mass is 10.1. The van der Waals surface area contributed by atoms with Gasteiger partial charge in [-0.3, -0.25) is 4.79 Å². The molecule has 0 aliphatic heterocycles. The highest BCUT2D eigenvalue weighted by Gasteiger charge is 1.96. The minimum atomic E-state index is -0.115. The Kier molecular flexibility index (Phi) is 3.05. The average Bonchev–Trinajstić information content (AvgIpc) is 2.32. The molecule has 0 amide bonds. The summed E-state index contributed by atoms with van der Waals surface area (Å²) in [6, 6.07) is 11.7. The molecule has 0 aliphatic carbocycles. The summed E-state index contributed by atoms with van der Waals surface area (Å²) in [7, 11) is 0. The Hall–Kier alpha value is -2.03. The third-order valence-corrected chi connectivity index (χ3v) is 2.51. The first-order chi connectivity index (χ1) is 7.75. The molecule has 0 aliphatic rings. The van der Waals surface area contributed by atoms with Crippen molar-refractivity contribution in [2.45, 2.75) is 13.0 Å². The van der Waals surface area contributed by atoms with E-state index in [2.05, 4.69) is 12.1 Å². The Morgan fingerprint density at radius 3 is 2.56 bits per heavy atom. The van der Waals surface area contributed by atoms with Crippen molar-refractivity contribution in [2.24, 2.45) is 0 Å². The van der Waals surface area contributed by atoms with Crippen LogP contribution < -0.4 is 11.2 Å². The van der Waals surface area contributed by atoms with E-state index in [0.717, 1.165) is 13.0 Å². The predicted molar refractivity (Wildman–Crippen MR) is 65.3 cm³/mol. The number of nitrogen functional groups attached to an aromatic ring is 1. The van der Waals surface area contributed by atoms with E-state index in [1.807, 2.05) is 22.8 Å². The summed E-state index contributed by atoms with van der Waals surface area (Å²) < 4.78 is 1.93. The highest BCUT2D eigenvalue weighted by molar-refractivity contribution is 5.33. The van der Waals surface area contributed by atoms with Gasteiger partial charge in [-0.2, -0.15) is 0 Å². The van der Waals surface area contributed by atoms with Crippen molar-refractivity contribution in [3.8, 4) is 0 Å². The van der Waals surface area contributed by atoms with Crippen LogP contribution in [0.1, 0.15) is 5.56 Å². The summed E-state index contributed by atoms with van der Waals surface area (Å²) in [6.07, 6.45) is 4.38. The van der Waals surface area contributed by atoms with Crippen LogP contribution in [-0.2, 0) is 13.0 Å². The maximum Gasteiger partial charge on any atom is 0.204 e. The number of hydrogen-bond donors (Lipinski definition) is 1.